The lowest BCUT2D eigenvalue weighted by molar-refractivity contribution is 0.835. The maximum atomic E-state index is 12.7. The molecule has 0 bridgehead atoms. The monoisotopic (exact) mass is 446 g/mol. The zero-order valence-corrected chi connectivity index (χ0v) is 16.7. The van der Waals surface area contributed by atoms with Crippen LogP contribution in [0.1, 0.15) is 11.3 Å². The van der Waals surface area contributed by atoms with Crippen LogP contribution in [0.2, 0.25) is 5.02 Å². The first kappa shape index (κ1) is 17.2. The molecular formula is C18H12BrClN4OS. The van der Waals surface area contributed by atoms with E-state index in [0.29, 0.717) is 21.4 Å². The van der Waals surface area contributed by atoms with Gasteiger partial charge in [0.1, 0.15) is 0 Å². The normalized spacial score (nSPS) is 11.7. The zero-order chi connectivity index (χ0) is 18.3. The molecule has 0 aliphatic heterocycles. The maximum absolute atomic E-state index is 12.7. The van der Waals surface area contributed by atoms with Gasteiger partial charge in [-0.25, -0.2) is 14.7 Å². The number of aromatic amines is 1. The van der Waals surface area contributed by atoms with E-state index in [1.54, 1.807) is 30.5 Å². The molecule has 0 radical (unpaired) electrons. The summed E-state index contributed by atoms with van der Waals surface area (Å²) in [7, 11) is 0. The number of thiazole rings is 1. The van der Waals surface area contributed by atoms with Gasteiger partial charge in [0.2, 0.25) is 5.13 Å². The largest absolute Gasteiger partial charge is 0.295 e. The highest BCUT2D eigenvalue weighted by Gasteiger charge is 2.11. The van der Waals surface area contributed by atoms with Gasteiger partial charge in [-0.15, -0.1) is 0 Å². The van der Waals surface area contributed by atoms with E-state index in [0.717, 1.165) is 20.4 Å². The van der Waals surface area contributed by atoms with Crippen LogP contribution in [0.25, 0.3) is 15.9 Å². The third kappa shape index (κ3) is 3.25. The van der Waals surface area contributed by atoms with Crippen molar-refractivity contribution >= 4 is 60.4 Å². The van der Waals surface area contributed by atoms with Gasteiger partial charge in [0.05, 0.1) is 21.5 Å². The van der Waals surface area contributed by atoms with Crippen molar-refractivity contribution in [1.82, 2.24) is 14.8 Å². The van der Waals surface area contributed by atoms with Crippen molar-refractivity contribution in [2.45, 2.75) is 6.92 Å². The van der Waals surface area contributed by atoms with Crippen LogP contribution in [0.5, 0.6) is 0 Å². The number of fused-ring (bicyclic) bond motifs is 1. The number of hydrogen-bond donors (Lipinski definition) is 1. The van der Waals surface area contributed by atoms with E-state index in [1.807, 2.05) is 25.1 Å². The number of aliphatic imine (C=N–C) groups is 1. The lowest BCUT2D eigenvalue weighted by Crippen LogP contribution is -2.17. The van der Waals surface area contributed by atoms with Crippen molar-refractivity contribution in [3.63, 3.8) is 0 Å². The van der Waals surface area contributed by atoms with Crippen molar-refractivity contribution in [3.8, 4) is 5.69 Å². The predicted octanol–water partition coefficient (Wildman–Crippen LogP) is 5.25. The average Bonchev–Trinajstić information content (AvgIpc) is 3.14. The van der Waals surface area contributed by atoms with Crippen molar-refractivity contribution in [3.05, 3.63) is 73.6 Å². The first-order chi connectivity index (χ1) is 12.5. The van der Waals surface area contributed by atoms with Gasteiger partial charge in [0.25, 0.3) is 5.56 Å². The third-order valence-corrected chi connectivity index (χ3v) is 5.52. The van der Waals surface area contributed by atoms with Gasteiger partial charge in [0.15, 0.2) is 0 Å². The molecule has 0 amide bonds. The van der Waals surface area contributed by atoms with Crippen molar-refractivity contribution in [1.29, 1.82) is 0 Å². The first-order valence-electron chi connectivity index (χ1n) is 7.69. The van der Waals surface area contributed by atoms with Gasteiger partial charge in [-0.1, -0.05) is 38.9 Å². The number of nitrogens with zero attached hydrogens (tertiary/aromatic N) is 3. The summed E-state index contributed by atoms with van der Waals surface area (Å²) in [5.74, 6) is 0. The number of halogens is 2. The molecule has 5 nitrogen and oxygen atoms in total. The summed E-state index contributed by atoms with van der Waals surface area (Å²) >= 11 is 10.8. The van der Waals surface area contributed by atoms with Crippen LogP contribution in [-0.2, 0) is 0 Å². The van der Waals surface area contributed by atoms with Gasteiger partial charge < -0.3 is 0 Å². The molecule has 0 atom stereocenters. The molecule has 0 aliphatic carbocycles. The second-order valence-electron chi connectivity index (χ2n) is 5.63. The Morgan fingerprint density at radius 3 is 2.81 bits per heavy atom. The molecule has 4 aromatic rings. The van der Waals surface area contributed by atoms with E-state index in [4.69, 9.17) is 11.6 Å². The van der Waals surface area contributed by atoms with E-state index in [-0.39, 0.29) is 5.56 Å². The van der Waals surface area contributed by atoms with E-state index in [1.165, 1.54) is 16.0 Å². The number of H-pyrrole nitrogens is 1. The summed E-state index contributed by atoms with van der Waals surface area (Å²) in [6.07, 6.45) is 1.56. The van der Waals surface area contributed by atoms with Crippen LogP contribution < -0.4 is 5.56 Å². The molecule has 8 heteroatoms. The third-order valence-electron chi connectivity index (χ3n) is 3.85. The van der Waals surface area contributed by atoms with Gasteiger partial charge >= 0.3 is 0 Å². The van der Waals surface area contributed by atoms with E-state index in [9.17, 15) is 4.79 Å². The van der Waals surface area contributed by atoms with Gasteiger partial charge in [-0.2, -0.15) is 0 Å². The molecule has 2 heterocycles. The Labute approximate surface area is 166 Å². The molecule has 1 N–H and O–H groups in total. The Morgan fingerprint density at radius 1 is 1.27 bits per heavy atom. The zero-order valence-electron chi connectivity index (χ0n) is 13.5. The van der Waals surface area contributed by atoms with Crippen LogP contribution in [0.4, 0.5) is 5.13 Å². The second kappa shape index (κ2) is 6.83. The first-order valence-corrected chi connectivity index (χ1v) is 9.68. The highest BCUT2D eigenvalue weighted by atomic mass is 79.9. The van der Waals surface area contributed by atoms with E-state index >= 15 is 0 Å². The molecular weight excluding hydrogens is 436 g/mol. The lowest BCUT2D eigenvalue weighted by atomic mass is 10.3. The Balaban J connectivity index is 1.70. The molecule has 0 fully saturated rings. The van der Waals surface area contributed by atoms with Gasteiger partial charge in [-0.05, 0) is 49.4 Å². The van der Waals surface area contributed by atoms with Gasteiger partial charge in [0, 0.05) is 21.4 Å². The van der Waals surface area contributed by atoms with Crippen LogP contribution >= 0.6 is 38.9 Å². The van der Waals surface area contributed by atoms with Crippen molar-refractivity contribution in [2.75, 3.05) is 0 Å². The topological polar surface area (TPSA) is 63.0 Å². The molecule has 0 unspecified atom stereocenters. The Hall–Kier alpha value is -2.22. The quantitative estimate of drug-likeness (QED) is 0.436. The summed E-state index contributed by atoms with van der Waals surface area (Å²) in [4.78, 5) is 21.6. The van der Waals surface area contributed by atoms with E-state index in [2.05, 4.69) is 31.0 Å². The predicted molar refractivity (Wildman–Crippen MR) is 111 cm³/mol. The summed E-state index contributed by atoms with van der Waals surface area (Å²) < 4.78 is 3.51. The SMILES string of the molecule is Cc1[nH]n(-c2ccc(Cl)cc2)c(=O)c1C=Nc1nc2ccc(Br)cc2s1. The number of hydrogen-bond acceptors (Lipinski definition) is 4. The van der Waals surface area contributed by atoms with Crippen LogP contribution in [0, 0.1) is 6.92 Å². The fourth-order valence-electron chi connectivity index (χ4n) is 2.54. The molecule has 26 heavy (non-hydrogen) atoms. The highest BCUT2D eigenvalue weighted by molar-refractivity contribution is 9.10. The van der Waals surface area contributed by atoms with Crippen LogP contribution in [0.3, 0.4) is 0 Å². The molecule has 0 saturated carbocycles. The van der Waals surface area contributed by atoms with Gasteiger partial charge in [-0.3, -0.25) is 9.89 Å². The van der Waals surface area contributed by atoms with Crippen molar-refractivity contribution < 1.29 is 0 Å². The minimum Gasteiger partial charge on any atom is -0.295 e. The van der Waals surface area contributed by atoms with Crippen LogP contribution in [-0.4, -0.2) is 21.0 Å². The fraction of sp³-hybridized carbons (Fsp3) is 0.0556. The fourth-order valence-corrected chi connectivity index (χ4v) is 4.03. The average molecular weight is 448 g/mol. The molecule has 4 rings (SSSR count). The molecule has 0 saturated heterocycles. The summed E-state index contributed by atoms with van der Waals surface area (Å²) in [6.45, 7) is 1.84. The van der Waals surface area contributed by atoms with Crippen molar-refractivity contribution in [2.24, 2.45) is 4.99 Å². The minimum absolute atomic E-state index is 0.169. The lowest BCUT2D eigenvalue weighted by Gasteiger charge is -2.00. The molecule has 0 spiro atoms. The minimum atomic E-state index is -0.169. The van der Waals surface area contributed by atoms with Crippen LogP contribution in [0.15, 0.2) is 56.7 Å². The van der Waals surface area contributed by atoms with E-state index < -0.39 is 0 Å². The summed E-state index contributed by atoms with van der Waals surface area (Å²) in [5.41, 5.74) is 2.66. The summed E-state index contributed by atoms with van der Waals surface area (Å²) in [5, 5.41) is 4.29. The smallest absolute Gasteiger partial charge is 0.280 e. The standard InChI is InChI=1S/C18H12BrClN4OS/c1-10-14(17(25)24(23-10)13-5-3-12(20)4-6-13)9-21-18-22-15-7-2-11(19)8-16(15)26-18/h2-9,23H,1H3. The molecule has 2 aromatic heterocycles. The number of aromatic nitrogens is 3. The highest BCUT2D eigenvalue weighted by Crippen LogP contribution is 2.30. The Bertz CT molecular complexity index is 1190. The molecule has 2 aromatic carbocycles. The molecule has 130 valence electrons. The molecule has 0 aliphatic rings. The second-order valence-corrected chi connectivity index (χ2v) is 8.00. The number of rotatable bonds is 3. The Morgan fingerprint density at radius 2 is 2.04 bits per heavy atom. The number of nitrogens with one attached hydrogen (secondary N) is 1. The summed E-state index contributed by atoms with van der Waals surface area (Å²) in [6, 6.07) is 12.9. The number of aryl methyl sites for hydroxylation is 1. The maximum Gasteiger partial charge on any atom is 0.280 e. The number of benzene rings is 2. The Kier molecular flexibility index (Phi) is 4.52.